The van der Waals surface area contributed by atoms with Gasteiger partial charge >= 0.3 is 0 Å². The summed E-state index contributed by atoms with van der Waals surface area (Å²) in [6.45, 7) is 4.65. The molecule has 4 heteroatoms. The summed E-state index contributed by atoms with van der Waals surface area (Å²) in [6.07, 6.45) is 2.98. The Labute approximate surface area is 105 Å². The predicted molar refractivity (Wildman–Crippen MR) is 68.3 cm³/mol. The maximum Gasteiger partial charge on any atom is 0.0877 e. The fraction of sp³-hybridized carbons (Fsp3) is 1.00. The molecule has 1 heterocycles. The molecule has 1 rings (SSSR count). The SMILES string of the molecule is CNC(C(C)CCOC)C1(OC)CCOCC1. The van der Waals surface area contributed by atoms with Gasteiger partial charge in [-0.15, -0.1) is 0 Å². The maximum absolute atomic E-state index is 5.85. The van der Waals surface area contributed by atoms with Gasteiger partial charge in [-0.3, -0.25) is 0 Å². The van der Waals surface area contributed by atoms with Crippen LogP contribution in [0.15, 0.2) is 0 Å². The average Bonchev–Trinajstić information content (AvgIpc) is 2.38. The van der Waals surface area contributed by atoms with Gasteiger partial charge in [0.25, 0.3) is 0 Å². The van der Waals surface area contributed by atoms with Gasteiger partial charge in [0.2, 0.25) is 0 Å². The summed E-state index contributed by atoms with van der Waals surface area (Å²) in [5, 5.41) is 3.44. The van der Waals surface area contributed by atoms with Crippen molar-refractivity contribution in [3.8, 4) is 0 Å². The van der Waals surface area contributed by atoms with Crippen molar-refractivity contribution in [2.24, 2.45) is 5.92 Å². The number of hydrogen-bond acceptors (Lipinski definition) is 4. The zero-order valence-electron chi connectivity index (χ0n) is 11.6. The standard InChI is InChI=1S/C13H27NO3/c1-11(5-8-15-3)12(14-2)13(16-4)6-9-17-10-7-13/h11-12,14H,5-10H2,1-4H3. The third-order valence-corrected chi connectivity index (χ3v) is 3.97. The van der Waals surface area contributed by atoms with Crippen LogP contribution in [-0.4, -0.2) is 52.7 Å². The third kappa shape index (κ3) is 3.65. The quantitative estimate of drug-likeness (QED) is 0.737. The molecule has 0 bridgehead atoms. The zero-order valence-corrected chi connectivity index (χ0v) is 11.6. The van der Waals surface area contributed by atoms with Gasteiger partial charge in [0.1, 0.15) is 0 Å². The molecular weight excluding hydrogens is 218 g/mol. The fourth-order valence-corrected chi connectivity index (χ4v) is 2.90. The highest BCUT2D eigenvalue weighted by atomic mass is 16.5. The van der Waals surface area contributed by atoms with Crippen molar-refractivity contribution in [2.75, 3.05) is 41.1 Å². The molecule has 0 aromatic carbocycles. The molecule has 2 unspecified atom stereocenters. The van der Waals surface area contributed by atoms with Gasteiger partial charge in [0.15, 0.2) is 0 Å². The molecule has 1 N–H and O–H groups in total. The second-order valence-electron chi connectivity index (χ2n) is 4.91. The first-order chi connectivity index (χ1) is 8.20. The Bertz CT molecular complexity index is 205. The van der Waals surface area contributed by atoms with E-state index in [4.69, 9.17) is 14.2 Å². The van der Waals surface area contributed by atoms with Crippen LogP contribution in [-0.2, 0) is 14.2 Å². The Morgan fingerprint density at radius 2 is 1.94 bits per heavy atom. The molecule has 0 aromatic heterocycles. The lowest BCUT2D eigenvalue weighted by atomic mass is 9.78. The topological polar surface area (TPSA) is 39.7 Å². The van der Waals surface area contributed by atoms with Gasteiger partial charge in [-0.05, 0) is 19.4 Å². The first-order valence-corrected chi connectivity index (χ1v) is 6.49. The molecule has 1 aliphatic heterocycles. The van der Waals surface area contributed by atoms with Crippen molar-refractivity contribution in [3.05, 3.63) is 0 Å². The Balaban J connectivity index is 2.67. The van der Waals surface area contributed by atoms with Crippen LogP contribution in [0.3, 0.4) is 0 Å². The van der Waals surface area contributed by atoms with Gasteiger partial charge in [0.05, 0.1) is 5.60 Å². The summed E-state index contributed by atoms with van der Waals surface area (Å²) >= 11 is 0. The number of hydrogen-bond donors (Lipinski definition) is 1. The summed E-state index contributed by atoms with van der Waals surface area (Å²) in [5.74, 6) is 0.526. The number of likely N-dealkylation sites (N-methyl/N-ethyl adjacent to an activating group) is 1. The van der Waals surface area contributed by atoms with Gasteiger partial charge in [-0.2, -0.15) is 0 Å². The van der Waals surface area contributed by atoms with Crippen LogP contribution in [0.5, 0.6) is 0 Å². The minimum Gasteiger partial charge on any atom is -0.385 e. The van der Waals surface area contributed by atoms with Gasteiger partial charge in [-0.25, -0.2) is 0 Å². The summed E-state index contributed by atoms with van der Waals surface area (Å²) < 4.78 is 16.5. The van der Waals surface area contributed by atoms with Crippen LogP contribution in [0.2, 0.25) is 0 Å². The van der Waals surface area contributed by atoms with E-state index in [1.165, 1.54) is 0 Å². The van der Waals surface area contributed by atoms with Gasteiger partial charge in [-0.1, -0.05) is 6.92 Å². The van der Waals surface area contributed by atoms with Crippen molar-refractivity contribution < 1.29 is 14.2 Å². The van der Waals surface area contributed by atoms with E-state index < -0.39 is 0 Å². The van der Waals surface area contributed by atoms with E-state index in [9.17, 15) is 0 Å². The highest BCUT2D eigenvalue weighted by Gasteiger charge is 2.42. The van der Waals surface area contributed by atoms with Crippen LogP contribution >= 0.6 is 0 Å². The smallest absolute Gasteiger partial charge is 0.0877 e. The molecule has 0 aliphatic carbocycles. The van der Waals surface area contributed by atoms with Crippen LogP contribution in [0, 0.1) is 5.92 Å². The molecule has 0 spiro atoms. The van der Waals surface area contributed by atoms with E-state index in [-0.39, 0.29) is 5.60 Å². The number of nitrogens with one attached hydrogen (secondary N) is 1. The zero-order chi connectivity index (χ0) is 12.7. The normalized spacial score (nSPS) is 23.3. The minimum absolute atomic E-state index is 0.0832. The van der Waals surface area contributed by atoms with Crippen LogP contribution < -0.4 is 5.32 Å². The largest absolute Gasteiger partial charge is 0.385 e. The predicted octanol–water partition coefficient (Wildman–Crippen LogP) is 1.44. The first kappa shape index (κ1) is 14.9. The lowest BCUT2D eigenvalue weighted by Crippen LogP contribution is -2.57. The number of rotatable bonds is 7. The van der Waals surface area contributed by atoms with Gasteiger partial charge in [0, 0.05) is 52.9 Å². The molecular formula is C13H27NO3. The summed E-state index contributed by atoms with van der Waals surface area (Å²) in [5.41, 5.74) is -0.0832. The van der Waals surface area contributed by atoms with Crippen LogP contribution in [0.25, 0.3) is 0 Å². The van der Waals surface area contributed by atoms with Crippen LogP contribution in [0.1, 0.15) is 26.2 Å². The Morgan fingerprint density at radius 1 is 1.29 bits per heavy atom. The van der Waals surface area contributed by atoms with Crippen molar-refractivity contribution in [1.29, 1.82) is 0 Å². The van der Waals surface area contributed by atoms with Crippen molar-refractivity contribution in [3.63, 3.8) is 0 Å². The summed E-state index contributed by atoms with van der Waals surface area (Å²) in [6, 6.07) is 0.353. The number of methoxy groups -OCH3 is 2. The van der Waals surface area contributed by atoms with E-state index >= 15 is 0 Å². The highest BCUT2D eigenvalue weighted by molar-refractivity contribution is 4.96. The maximum atomic E-state index is 5.85. The molecule has 1 aliphatic rings. The van der Waals surface area contributed by atoms with Crippen LogP contribution in [0.4, 0.5) is 0 Å². The first-order valence-electron chi connectivity index (χ1n) is 6.49. The molecule has 0 aromatic rings. The monoisotopic (exact) mass is 245 g/mol. The third-order valence-electron chi connectivity index (χ3n) is 3.97. The molecule has 4 nitrogen and oxygen atoms in total. The molecule has 2 atom stereocenters. The van der Waals surface area contributed by atoms with Crippen molar-refractivity contribution in [2.45, 2.75) is 37.8 Å². The Morgan fingerprint density at radius 3 is 2.41 bits per heavy atom. The summed E-state index contributed by atoms with van der Waals surface area (Å²) in [7, 11) is 5.59. The average molecular weight is 245 g/mol. The lowest BCUT2D eigenvalue weighted by molar-refractivity contribution is -0.119. The van der Waals surface area contributed by atoms with E-state index in [0.29, 0.717) is 12.0 Å². The molecule has 0 saturated carbocycles. The highest BCUT2D eigenvalue weighted by Crippen LogP contribution is 2.32. The molecule has 1 saturated heterocycles. The van der Waals surface area contributed by atoms with E-state index in [1.807, 2.05) is 14.2 Å². The molecule has 17 heavy (non-hydrogen) atoms. The summed E-state index contributed by atoms with van der Waals surface area (Å²) in [4.78, 5) is 0. The van der Waals surface area contributed by atoms with Gasteiger partial charge < -0.3 is 19.5 Å². The molecule has 102 valence electrons. The second-order valence-corrected chi connectivity index (χ2v) is 4.91. The second kappa shape index (κ2) is 7.31. The van der Waals surface area contributed by atoms with Crippen molar-refractivity contribution >= 4 is 0 Å². The number of ether oxygens (including phenoxy) is 3. The van der Waals surface area contributed by atoms with E-state index in [2.05, 4.69) is 12.2 Å². The fourth-order valence-electron chi connectivity index (χ4n) is 2.90. The molecule has 0 radical (unpaired) electrons. The van der Waals surface area contributed by atoms with E-state index in [1.54, 1.807) is 7.11 Å². The van der Waals surface area contributed by atoms with E-state index in [0.717, 1.165) is 39.1 Å². The van der Waals surface area contributed by atoms with Crippen molar-refractivity contribution in [1.82, 2.24) is 5.32 Å². The lowest BCUT2D eigenvalue weighted by Gasteiger charge is -2.44. The Hall–Kier alpha value is -0.160. The Kier molecular flexibility index (Phi) is 6.41. The molecule has 1 fully saturated rings. The molecule has 0 amide bonds. The minimum atomic E-state index is -0.0832.